The summed E-state index contributed by atoms with van der Waals surface area (Å²) in [6.07, 6.45) is 3.16. The van der Waals surface area contributed by atoms with Crippen LogP contribution in [0.15, 0.2) is 18.5 Å². The molecular weight excluding hydrogens is 306 g/mol. The molecule has 0 saturated heterocycles. The Labute approximate surface area is 133 Å². The minimum Gasteiger partial charge on any atom is -0.456 e. The monoisotopic (exact) mass is 325 g/mol. The van der Waals surface area contributed by atoms with Crippen LogP contribution < -0.4 is 16.0 Å². The quantitative estimate of drug-likeness (QED) is 0.401. The molecule has 0 bridgehead atoms. The lowest BCUT2D eigenvalue weighted by Gasteiger charge is -2.07. The molecule has 10 nitrogen and oxygen atoms in total. The molecule has 0 atom stereocenters. The maximum atomic E-state index is 11.4. The third-order valence-electron chi connectivity index (χ3n) is 2.39. The Bertz CT molecular complexity index is 511. The van der Waals surface area contributed by atoms with E-state index in [0.29, 0.717) is 12.6 Å². The summed E-state index contributed by atoms with van der Waals surface area (Å²) >= 11 is 0. The number of esters is 1. The zero-order valence-corrected chi connectivity index (χ0v) is 12.7. The fraction of sp³-hybridized carbons (Fsp3) is 0.462. The second kappa shape index (κ2) is 10.9. The average molecular weight is 325 g/mol. The van der Waals surface area contributed by atoms with Gasteiger partial charge in [0.15, 0.2) is 6.61 Å². The van der Waals surface area contributed by atoms with Crippen molar-refractivity contribution in [3.05, 3.63) is 18.5 Å². The molecule has 0 aliphatic carbocycles. The van der Waals surface area contributed by atoms with E-state index in [4.69, 9.17) is 9.47 Å². The Balaban J connectivity index is 2.10. The second-order valence-corrected chi connectivity index (χ2v) is 4.21. The minimum absolute atomic E-state index is 0.0333. The summed E-state index contributed by atoms with van der Waals surface area (Å²) < 4.78 is 9.47. The maximum absolute atomic E-state index is 11.4. The molecule has 0 radical (unpaired) electrons. The predicted octanol–water partition coefficient (Wildman–Crippen LogP) is -0.706. The van der Waals surface area contributed by atoms with Gasteiger partial charge in [-0.2, -0.15) is 0 Å². The first-order valence-corrected chi connectivity index (χ1v) is 6.85. The number of ether oxygens (including phenoxy) is 2. The van der Waals surface area contributed by atoms with Gasteiger partial charge in [0, 0.05) is 32.6 Å². The van der Waals surface area contributed by atoms with E-state index in [2.05, 4.69) is 20.6 Å². The molecule has 3 N–H and O–H groups in total. The van der Waals surface area contributed by atoms with Crippen LogP contribution in [-0.2, 0) is 19.1 Å². The van der Waals surface area contributed by atoms with Crippen LogP contribution in [0.5, 0.6) is 0 Å². The summed E-state index contributed by atoms with van der Waals surface area (Å²) in [6, 6.07) is 0.995. The number of nitrogens with zero attached hydrogens (tertiary/aromatic N) is 2. The molecule has 0 spiro atoms. The molecule has 23 heavy (non-hydrogen) atoms. The molecule has 0 aromatic carbocycles. The number of hydrogen-bond acceptors (Lipinski definition) is 8. The van der Waals surface area contributed by atoms with Gasteiger partial charge in [-0.05, 0) is 6.07 Å². The molecule has 0 fully saturated rings. The van der Waals surface area contributed by atoms with Crippen LogP contribution in [0.25, 0.3) is 0 Å². The van der Waals surface area contributed by atoms with Gasteiger partial charge in [0.05, 0.1) is 13.0 Å². The van der Waals surface area contributed by atoms with Crippen molar-refractivity contribution in [2.75, 3.05) is 38.7 Å². The average Bonchev–Trinajstić information content (AvgIpc) is 2.54. The van der Waals surface area contributed by atoms with E-state index >= 15 is 0 Å². The third-order valence-corrected chi connectivity index (χ3v) is 2.39. The molecule has 3 amide bonds. The van der Waals surface area contributed by atoms with E-state index in [1.54, 1.807) is 18.5 Å². The molecule has 1 aromatic rings. The van der Waals surface area contributed by atoms with Gasteiger partial charge in [-0.15, -0.1) is 0 Å². The zero-order valence-electron chi connectivity index (χ0n) is 12.7. The minimum atomic E-state index is -0.715. The van der Waals surface area contributed by atoms with Gasteiger partial charge in [-0.1, -0.05) is 0 Å². The summed E-state index contributed by atoms with van der Waals surface area (Å²) in [5.41, 5.74) is 0. The lowest BCUT2D eigenvalue weighted by atomic mass is 10.4. The van der Waals surface area contributed by atoms with Crippen LogP contribution in [0, 0.1) is 0 Å². The highest BCUT2D eigenvalue weighted by Crippen LogP contribution is 1.95. The standard InChI is InChI=1S/C13H19N5O5/c1-22-8-7-17-13(21)18-10(19)9-23-11(20)3-6-16-12-14-4-2-5-15-12/h2,4-5H,3,6-9H2,1H3,(H,14,15,16)(H2,17,18,19,21). The number of rotatable bonds is 9. The van der Waals surface area contributed by atoms with Crippen LogP contribution in [0.1, 0.15) is 6.42 Å². The van der Waals surface area contributed by atoms with Gasteiger partial charge < -0.3 is 20.1 Å². The summed E-state index contributed by atoms with van der Waals surface area (Å²) in [7, 11) is 1.49. The van der Waals surface area contributed by atoms with Gasteiger partial charge in [-0.25, -0.2) is 14.8 Å². The van der Waals surface area contributed by atoms with E-state index < -0.39 is 24.5 Å². The smallest absolute Gasteiger partial charge is 0.321 e. The lowest BCUT2D eigenvalue weighted by Crippen LogP contribution is -2.42. The van der Waals surface area contributed by atoms with E-state index in [1.165, 1.54) is 7.11 Å². The number of amides is 3. The molecule has 126 valence electrons. The van der Waals surface area contributed by atoms with Crippen LogP contribution in [-0.4, -0.2) is 61.3 Å². The molecular formula is C13H19N5O5. The molecule has 0 saturated carbocycles. The van der Waals surface area contributed by atoms with E-state index in [0.717, 1.165) is 0 Å². The van der Waals surface area contributed by atoms with Gasteiger partial charge in [0.1, 0.15) is 0 Å². The first-order valence-electron chi connectivity index (χ1n) is 6.85. The molecule has 1 rings (SSSR count). The molecule has 0 aliphatic rings. The van der Waals surface area contributed by atoms with Crippen molar-refractivity contribution in [3.8, 4) is 0 Å². The van der Waals surface area contributed by atoms with Gasteiger partial charge in [0.2, 0.25) is 5.95 Å². The Hall–Kier alpha value is -2.75. The number of urea groups is 1. The topological polar surface area (TPSA) is 132 Å². The summed E-state index contributed by atoms with van der Waals surface area (Å²) in [4.78, 5) is 41.9. The number of anilines is 1. The van der Waals surface area contributed by atoms with E-state index in [1.807, 2.05) is 5.32 Å². The van der Waals surface area contributed by atoms with Crippen LogP contribution in [0.4, 0.5) is 10.7 Å². The van der Waals surface area contributed by atoms with Crippen molar-refractivity contribution < 1.29 is 23.9 Å². The fourth-order valence-corrected chi connectivity index (χ4v) is 1.36. The van der Waals surface area contributed by atoms with Crippen molar-refractivity contribution in [3.63, 3.8) is 0 Å². The highest BCUT2D eigenvalue weighted by molar-refractivity contribution is 5.95. The Kier molecular flexibility index (Phi) is 8.67. The van der Waals surface area contributed by atoms with Gasteiger partial charge in [0.25, 0.3) is 5.91 Å². The first-order chi connectivity index (χ1) is 11.1. The van der Waals surface area contributed by atoms with Crippen LogP contribution in [0.2, 0.25) is 0 Å². The molecule has 1 aromatic heterocycles. The van der Waals surface area contributed by atoms with Crippen molar-refractivity contribution in [1.29, 1.82) is 0 Å². The Morgan fingerprint density at radius 1 is 1.17 bits per heavy atom. The normalized spacial score (nSPS) is 9.78. The number of imide groups is 1. The Morgan fingerprint density at radius 2 is 1.91 bits per heavy atom. The van der Waals surface area contributed by atoms with Crippen LogP contribution >= 0.6 is 0 Å². The first kappa shape index (κ1) is 18.3. The Morgan fingerprint density at radius 3 is 2.61 bits per heavy atom. The van der Waals surface area contributed by atoms with Gasteiger partial charge >= 0.3 is 12.0 Å². The summed E-state index contributed by atoms with van der Waals surface area (Å²) in [5, 5.41) is 7.24. The highest BCUT2D eigenvalue weighted by atomic mass is 16.5. The molecule has 1 heterocycles. The molecule has 0 aliphatic heterocycles. The third kappa shape index (κ3) is 8.98. The second-order valence-electron chi connectivity index (χ2n) is 4.21. The lowest BCUT2D eigenvalue weighted by molar-refractivity contribution is -0.148. The van der Waals surface area contributed by atoms with Crippen molar-refractivity contribution in [2.24, 2.45) is 0 Å². The van der Waals surface area contributed by atoms with Crippen molar-refractivity contribution >= 4 is 23.9 Å². The number of carbonyl (C=O) groups excluding carboxylic acids is 3. The summed E-state index contributed by atoms with van der Waals surface area (Å²) in [5.74, 6) is -0.901. The van der Waals surface area contributed by atoms with Crippen molar-refractivity contribution in [2.45, 2.75) is 6.42 Å². The highest BCUT2D eigenvalue weighted by Gasteiger charge is 2.10. The fourth-order valence-electron chi connectivity index (χ4n) is 1.36. The van der Waals surface area contributed by atoms with Crippen molar-refractivity contribution in [1.82, 2.24) is 20.6 Å². The maximum Gasteiger partial charge on any atom is 0.321 e. The predicted molar refractivity (Wildman–Crippen MR) is 79.5 cm³/mol. The van der Waals surface area contributed by atoms with E-state index in [-0.39, 0.29) is 19.5 Å². The number of aromatic nitrogens is 2. The number of carbonyl (C=O) groups is 3. The summed E-state index contributed by atoms with van der Waals surface area (Å²) in [6.45, 7) is 0.331. The molecule has 10 heteroatoms. The van der Waals surface area contributed by atoms with E-state index in [9.17, 15) is 14.4 Å². The zero-order chi connectivity index (χ0) is 16.9. The molecule has 0 unspecified atom stereocenters. The van der Waals surface area contributed by atoms with Gasteiger partial charge in [-0.3, -0.25) is 14.9 Å². The number of hydrogen-bond donors (Lipinski definition) is 3. The number of methoxy groups -OCH3 is 1. The number of nitrogens with one attached hydrogen (secondary N) is 3. The largest absolute Gasteiger partial charge is 0.456 e. The van der Waals surface area contributed by atoms with Crippen LogP contribution in [0.3, 0.4) is 0 Å². The SMILES string of the molecule is COCCNC(=O)NC(=O)COC(=O)CCNc1ncccn1.